The van der Waals surface area contributed by atoms with Crippen LogP contribution < -0.4 is 16.1 Å². The van der Waals surface area contributed by atoms with Crippen molar-refractivity contribution in [3.63, 3.8) is 0 Å². The second kappa shape index (κ2) is 8.47. The van der Waals surface area contributed by atoms with Gasteiger partial charge in [-0.05, 0) is 24.3 Å². The average Bonchev–Trinajstić information content (AvgIpc) is 3.23. The molecule has 0 saturated carbocycles. The van der Waals surface area contributed by atoms with Gasteiger partial charge >= 0.3 is 5.69 Å². The van der Waals surface area contributed by atoms with Gasteiger partial charge in [0.1, 0.15) is 4.70 Å². The van der Waals surface area contributed by atoms with Gasteiger partial charge in [0.05, 0.1) is 24.0 Å². The molecule has 2 aromatic carbocycles. The third-order valence-corrected chi connectivity index (χ3v) is 7.04. The largest absolute Gasteiger partial charge is 0.395 e. The maximum absolute atomic E-state index is 13.5. The number of halogens is 1. The second-order valence-electron chi connectivity index (χ2n) is 7.61. The van der Waals surface area contributed by atoms with Crippen LogP contribution in [0, 0.1) is 0 Å². The van der Waals surface area contributed by atoms with Crippen LogP contribution in [0.2, 0.25) is 5.02 Å². The number of aliphatic hydroxyl groups excluding tert-OH is 1. The monoisotopic (exact) mass is 478 g/mol. The van der Waals surface area contributed by atoms with Crippen LogP contribution in [0.15, 0.2) is 70.5 Å². The minimum atomic E-state index is -0.542. The first-order valence-electron chi connectivity index (χ1n) is 10.2. The molecule has 0 spiro atoms. The fourth-order valence-electron chi connectivity index (χ4n) is 3.85. The molecule has 9 heteroatoms. The summed E-state index contributed by atoms with van der Waals surface area (Å²) in [6, 6.07) is 14.8. The number of aliphatic hydroxyl groups is 1. The third kappa shape index (κ3) is 3.72. The lowest BCUT2D eigenvalue weighted by Crippen LogP contribution is -2.33. The maximum Gasteiger partial charge on any atom is 0.333 e. The molecular weight excluding hydrogens is 460 g/mol. The molecule has 0 bridgehead atoms. The number of benzene rings is 2. The van der Waals surface area contributed by atoms with Crippen molar-refractivity contribution in [3.8, 4) is 16.1 Å². The number of hydrogen-bond donors (Lipinski definition) is 2. The Kier molecular flexibility index (Phi) is 5.49. The highest BCUT2D eigenvalue weighted by Crippen LogP contribution is 2.35. The van der Waals surface area contributed by atoms with Gasteiger partial charge in [0.15, 0.2) is 0 Å². The first-order chi connectivity index (χ1) is 16.0. The van der Waals surface area contributed by atoms with E-state index < -0.39 is 11.2 Å². The van der Waals surface area contributed by atoms with Gasteiger partial charge in [0.2, 0.25) is 0 Å². The van der Waals surface area contributed by atoms with Crippen LogP contribution in [0.5, 0.6) is 0 Å². The Morgan fingerprint density at radius 1 is 1.15 bits per heavy atom. The van der Waals surface area contributed by atoms with Crippen molar-refractivity contribution < 1.29 is 5.11 Å². The topological polar surface area (TPSA) is 91.2 Å². The summed E-state index contributed by atoms with van der Waals surface area (Å²) in [6.07, 6.45) is 3.20. The fraction of sp³-hybridized carbons (Fsp3) is 0.125. The number of rotatable bonds is 5. The van der Waals surface area contributed by atoms with Crippen molar-refractivity contribution in [2.24, 2.45) is 0 Å². The van der Waals surface area contributed by atoms with Crippen LogP contribution in [-0.2, 0) is 0 Å². The predicted molar refractivity (Wildman–Crippen MR) is 134 cm³/mol. The highest BCUT2D eigenvalue weighted by atomic mass is 35.5. The highest BCUT2D eigenvalue weighted by Gasteiger charge is 2.17. The first-order valence-corrected chi connectivity index (χ1v) is 11.4. The predicted octanol–water partition coefficient (Wildman–Crippen LogP) is 4.04. The number of aromatic amines is 1. The molecule has 3 heterocycles. The van der Waals surface area contributed by atoms with Crippen molar-refractivity contribution >= 4 is 49.6 Å². The maximum atomic E-state index is 13.5. The number of nitrogens with one attached hydrogen (secondary N) is 1. The quantitative estimate of drug-likeness (QED) is 0.398. The van der Waals surface area contributed by atoms with Crippen molar-refractivity contribution in [1.29, 1.82) is 0 Å². The van der Waals surface area contributed by atoms with Crippen LogP contribution in [0.1, 0.15) is 0 Å². The SMILES string of the molecule is CN(CCO)c1ccc2cncc(-n3c(=O)[nH]c4cc(-c5ccccc5Cl)sc4c3=O)c2c1. The molecule has 0 unspecified atom stereocenters. The van der Waals surface area contributed by atoms with Gasteiger partial charge in [-0.15, -0.1) is 11.3 Å². The number of H-pyrrole nitrogens is 1. The second-order valence-corrected chi connectivity index (χ2v) is 9.07. The number of fused-ring (bicyclic) bond motifs is 2. The molecule has 166 valence electrons. The molecule has 0 amide bonds. The lowest BCUT2D eigenvalue weighted by Gasteiger charge is -2.19. The van der Waals surface area contributed by atoms with Crippen molar-refractivity contribution in [1.82, 2.24) is 14.5 Å². The van der Waals surface area contributed by atoms with Gasteiger partial charge in [-0.1, -0.05) is 35.9 Å². The van der Waals surface area contributed by atoms with Gasteiger partial charge in [0, 0.05) is 51.7 Å². The number of pyridine rings is 1. The van der Waals surface area contributed by atoms with E-state index in [1.54, 1.807) is 18.3 Å². The summed E-state index contributed by atoms with van der Waals surface area (Å²) in [5, 5.41) is 11.3. The Balaban J connectivity index is 1.73. The highest BCUT2D eigenvalue weighted by molar-refractivity contribution is 7.22. The average molecular weight is 479 g/mol. The Morgan fingerprint density at radius 2 is 1.97 bits per heavy atom. The van der Waals surface area contributed by atoms with Gasteiger partial charge in [-0.3, -0.25) is 9.78 Å². The molecular formula is C24H19ClN4O3S. The molecule has 7 nitrogen and oxygen atoms in total. The van der Waals surface area contributed by atoms with Gasteiger partial charge in [-0.2, -0.15) is 0 Å². The Morgan fingerprint density at radius 3 is 2.76 bits per heavy atom. The zero-order chi connectivity index (χ0) is 23.1. The number of anilines is 1. The minimum absolute atomic E-state index is 0.0136. The van der Waals surface area contributed by atoms with Crippen molar-refractivity contribution in [3.05, 3.63) is 86.8 Å². The van der Waals surface area contributed by atoms with Gasteiger partial charge in [0.25, 0.3) is 5.56 Å². The van der Waals surface area contributed by atoms with E-state index in [2.05, 4.69) is 9.97 Å². The molecule has 33 heavy (non-hydrogen) atoms. The molecule has 0 fully saturated rings. The minimum Gasteiger partial charge on any atom is -0.395 e. The third-order valence-electron chi connectivity index (χ3n) is 5.55. The number of aromatic nitrogens is 3. The molecule has 0 atom stereocenters. The lowest BCUT2D eigenvalue weighted by molar-refractivity contribution is 0.304. The van der Waals surface area contributed by atoms with E-state index in [9.17, 15) is 14.7 Å². The molecule has 3 aromatic heterocycles. The summed E-state index contributed by atoms with van der Waals surface area (Å²) in [6.45, 7) is 0.470. The van der Waals surface area contributed by atoms with Crippen molar-refractivity contribution in [2.75, 3.05) is 25.1 Å². The Hall–Kier alpha value is -3.46. The van der Waals surface area contributed by atoms with Crippen LogP contribution in [-0.4, -0.2) is 39.8 Å². The molecule has 2 N–H and O–H groups in total. The molecule has 0 radical (unpaired) electrons. The van der Waals surface area contributed by atoms with Crippen LogP contribution >= 0.6 is 22.9 Å². The summed E-state index contributed by atoms with van der Waals surface area (Å²) < 4.78 is 1.55. The molecule has 5 rings (SSSR count). The van der Waals surface area contributed by atoms with E-state index in [4.69, 9.17) is 11.6 Å². The zero-order valence-electron chi connectivity index (χ0n) is 17.6. The van der Waals surface area contributed by atoms with E-state index in [-0.39, 0.29) is 6.61 Å². The summed E-state index contributed by atoms with van der Waals surface area (Å²) in [4.78, 5) is 36.3. The van der Waals surface area contributed by atoms with Crippen molar-refractivity contribution in [2.45, 2.75) is 0 Å². The molecule has 0 aliphatic rings. The van der Waals surface area contributed by atoms with Gasteiger partial charge in [-0.25, -0.2) is 9.36 Å². The number of nitrogens with zero attached hydrogens (tertiary/aromatic N) is 3. The molecule has 0 aliphatic carbocycles. The van der Waals surface area contributed by atoms with E-state index in [0.717, 1.165) is 26.1 Å². The Bertz CT molecular complexity index is 1620. The number of thiophene rings is 1. The van der Waals surface area contributed by atoms with E-state index in [1.165, 1.54) is 17.5 Å². The van der Waals surface area contributed by atoms with Gasteiger partial charge < -0.3 is 15.0 Å². The zero-order valence-corrected chi connectivity index (χ0v) is 19.2. The standard InChI is InChI=1S/C24H19ClN4O3S/c1-28(8-9-30)15-7-6-14-12-26-13-20(17(14)10-15)29-23(31)22-19(27-24(29)32)11-21(33-22)16-4-2-3-5-18(16)25/h2-7,10-13,30H,8-9H2,1H3,(H,27,32). The van der Waals surface area contributed by atoms with E-state index in [0.29, 0.717) is 32.9 Å². The molecule has 0 saturated heterocycles. The number of likely N-dealkylation sites (N-methyl/N-ethyl adjacent to an activating group) is 1. The summed E-state index contributed by atoms with van der Waals surface area (Å²) in [7, 11) is 1.87. The smallest absolute Gasteiger partial charge is 0.333 e. The summed E-state index contributed by atoms with van der Waals surface area (Å²) >= 11 is 7.62. The normalized spacial score (nSPS) is 11.4. The first kappa shape index (κ1) is 21.4. The van der Waals surface area contributed by atoms with Crippen LogP contribution in [0.4, 0.5) is 5.69 Å². The van der Waals surface area contributed by atoms with Crippen LogP contribution in [0.3, 0.4) is 0 Å². The van der Waals surface area contributed by atoms with E-state index in [1.807, 2.05) is 48.3 Å². The summed E-state index contributed by atoms with van der Waals surface area (Å²) in [5.74, 6) is 0. The fourth-order valence-corrected chi connectivity index (χ4v) is 5.23. The molecule has 5 aromatic rings. The summed E-state index contributed by atoms with van der Waals surface area (Å²) in [5.41, 5.74) is 1.56. The Labute approximate surface area is 197 Å². The molecule has 0 aliphatic heterocycles. The lowest BCUT2D eigenvalue weighted by atomic mass is 10.1. The number of hydrogen-bond acceptors (Lipinski definition) is 6. The van der Waals surface area contributed by atoms with Crippen LogP contribution in [0.25, 0.3) is 37.1 Å². The van der Waals surface area contributed by atoms with E-state index >= 15 is 0 Å².